The van der Waals surface area contributed by atoms with Gasteiger partial charge < -0.3 is 79.7 Å². The summed E-state index contributed by atoms with van der Waals surface area (Å²) < 4.78 is 9.64. The van der Waals surface area contributed by atoms with Crippen LogP contribution in [0, 0.1) is 0 Å². The molecule has 0 spiro atoms. The van der Waals surface area contributed by atoms with Crippen molar-refractivity contribution in [2.45, 2.75) is 51.6 Å². The molecule has 0 atom stereocenters. The Balaban J connectivity index is 1.12. The van der Waals surface area contributed by atoms with Gasteiger partial charge in [-0.3, -0.25) is 38.4 Å². The Morgan fingerprint density at radius 2 is 0.782 bits per heavy atom. The van der Waals surface area contributed by atoms with Gasteiger partial charge in [0.05, 0.1) is 22.7 Å². The fourth-order valence-electron chi connectivity index (χ4n) is 8.31. The van der Waals surface area contributed by atoms with Crippen LogP contribution in [-0.2, 0) is 50.9 Å². The van der Waals surface area contributed by atoms with Crippen LogP contribution in [0.2, 0.25) is 0 Å². The van der Waals surface area contributed by atoms with E-state index in [-0.39, 0.29) is 85.3 Å². The molecule has 0 saturated heterocycles. The molecule has 0 radical (unpaired) electrons. The molecule has 0 saturated carbocycles. The Hall–Kier alpha value is -8.78. The highest BCUT2D eigenvalue weighted by Crippen LogP contribution is 2.23. The minimum Gasteiger partial charge on any atom is -0.356 e. The summed E-state index contributed by atoms with van der Waals surface area (Å²) in [6.45, 7) is 3.55. The molecule has 0 aliphatic rings. The molecule has 0 aliphatic heterocycles. The molecular formula is C52H72N18O8. The van der Waals surface area contributed by atoms with E-state index in [4.69, 9.17) is 0 Å². The van der Waals surface area contributed by atoms with Crippen LogP contribution in [-0.4, -0.2) is 162 Å². The lowest BCUT2D eigenvalue weighted by Gasteiger charge is -2.11. The number of aryl methyl sites for hydroxylation is 6. The zero-order valence-corrected chi connectivity index (χ0v) is 45.6. The average molecular weight is 1080 g/mol. The van der Waals surface area contributed by atoms with Gasteiger partial charge in [-0.25, -0.2) is 9.97 Å². The summed E-state index contributed by atoms with van der Waals surface area (Å²) in [5.41, 5.74) is 2.23. The van der Waals surface area contributed by atoms with Gasteiger partial charge in [0, 0.05) is 130 Å². The quantitative estimate of drug-likeness (QED) is 0.0314. The molecular weight excluding hydrogens is 1000 g/mol. The van der Waals surface area contributed by atoms with Crippen LogP contribution in [0.15, 0.2) is 73.8 Å². The van der Waals surface area contributed by atoms with Crippen LogP contribution < -0.4 is 42.5 Å². The first kappa shape index (κ1) is 58.5. The van der Waals surface area contributed by atoms with Crippen LogP contribution in [0.25, 0.3) is 0 Å². The zero-order valence-electron chi connectivity index (χ0n) is 45.6. The Labute approximate surface area is 452 Å². The van der Waals surface area contributed by atoms with Crippen molar-refractivity contribution in [3.05, 3.63) is 108 Å². The van der Waals surface area contributed by atoms with E-state index in [9.17, 15) is 38.4 Å². The molecule has 8 amide bonds. The number of amides is 8. The number of carbonyl (C=O) groups excluding carboxylic acids is 8. The largest absolute Gasteiger partial charge is 0.356 e. The normalized spacial score (nSPS) is 11.2. The van der Waals surface area contributed by atoms with E-state index in [1.165, 1.54) is 36.7 Å². The number of hydrogen-bond donors (Lipinski definition) is 8. The lowest BCUT2D eigenvalue weighted by atomic mass is 10.2. The number of hydrogen-bond acceptors (Lipinski definition) is 12. The van der Waals surface area contributed by atoms with Crippen molar-refractivity contribution in [3.8, 4) is 0 Å². The van der Waals surface area contributed by atoms with Crippen molar-refractivity contribution in [2.24, 2.45) is 28.2 Å². The van der Waals surface area contributed by atoms with Crippen LogP contribution in [0.3, 0.4) is 0 Å². The molecule has 0 aliphatic carbocycles. The molecule has 26 heteroatoms. The standard InChI is InChI=1S/C52H72N18O8/c1-63(2)21-11-15-53-43(71)13-17-57-47(73)39-27-35(31-67(39)7)59-49(75)41-29-37(61-51(77)45-55-19-25-65(45)5)33-69(41)23-9-10-24-70-34-38(62-52(78)46-56-20-26-66(46)6)30-42(70)50(76)60-36-28-40(68(8)32-36)48(74)58-18-14-44(72)54-16-12-22-64(3)4/h19-20,25-34H,9-18,21-24H2,1-8H3,(H,53,71)(H,54,72)(H,57,73)(H,58,74)(H,59,75)(H,60,76)(H,61,77)(H,62,78). The summed E-state index contributed by atoms with van der Waals surface area (Å²) >= 11 is 0. The Kier molecular flexibility index (Phi) is 20.9. The van der Waals surface area contributed by atoms with Crippen molar-refractivity contribution in [1.82, 2.24) is 68.4 Å². The highest BCUT2D eigenvalue weighted by atomic mass is 16.2. The molecule has 8 N–H and O–H groups in total. The van der Waals surface area contributed by atoms with Gasteiger partial charge in [0.2, 0.25) is 11.8 Å². The summed E-state index contributed by atoms with van der Waals surface area (Å²) in [7, 11) is 14.5. The smallest absolute Gasteiger partial charge is 0.291 e. The fraction of sp³-hybridized carbons (Fsp3) is 0.423. The van der Waals surface area contributed by atoms with Gasteiger partial charge in [-0.2, -0.15) is 0 Å². The molecule has 6 rings (SSSR count). The van der Waals surface area contributed by atoms with Gasteiger partial charge in [0.1, 0.15) is 22.8 Å². The van der Waals surface area contributed by atoms with Crippen molar-refractivity contribution in [1.29, 1.82) is 0 Å². The minimum atomic E-state index is -0.524. The first-order valence-electron chi connectivity index (χ1n) is 25.6. The third kappa shape index (κ3) is 16.9. The van der Waals surface area contributed by atoms with E-state index in [2.05, 4.69) is 52.5 Å². The molecule has 78 heavy (non-hydrogen) atoms. The van der Waals surface area contributed by atoms with Gasteiger partial charge in [-0.1, -0.05) is 0 Å². The molecule has 6 aromatic rings. The molecule has 6 aromatic heterocycles. The number of nitrogens with one attached hydrogen (secondary N) is 8. The first-order chi connectivity index (χ1) is 37.3. The van der Waals surface area contributed by atoms with Crippen LogP contribution in [0.1, 0.15) is 102 Å². The summed E-state index contributed by atoms with van der Waals surface area (Å²) in [5, 5.41) is 22.6. The van der Waals surface area contributed by atoms with Crippen LogP contribution in [0.5, 0.6) is 0 Å². The number of aromatic nitrogens is 8. The number of imidazole rings is 2. The first-order valence-corrected chi connectivity index (χ1v) is 25.6. The molecule has 6 heterocycles. The topological polar surface area (TPSA) is 295 Å². The van der Waals surface area contributed by atoms with Gasteiger partial charge in [-0.05, 0) is 91.2 Å². The predicted octanol–water partition coefficient (Wildman–Crippen LogP) is 2.30. The summed E-state index contributed by atoms with van der Waals surface area (Å²) in [4.78, 5) is 118. The molecule has 26 nitrogen and oxygen atoms in total. The van der Waals surface area contributed by atoms with E-state index in [0.717, 1.165) is 25.9 Å². The Bertz CT molecular complexity index is 2870. The van der Waals surface area contributed by atoms with Crippen molar-refractivity contribution in [3.63, 3.8) is 0 Å². The van der Waals surface area contributed by atoms with Crippen molar-refractivity contribution in [2.75, 3.05) is 88.7 Å². The number of carbonyl (C=O) groups is 8. The Morgan fingerprint density at radius 1 is 0.423 bits per heavy atom. The second-order valence-corrected chi connectivity index (χ2v) is 19.3. The number of rotatable bonds is 29. The van der Waals surface area contributed by atoms with E-state index >= 15 is 0 Å². The maximum Gasteiger partial charge on any atom is 0.291 e. The van der Waals surface area contributed by atoms with E-state index in [1.54, 1.807) is 92.8 Å². The monoisotopic (exact) mass is 1080 g/mol. The van der Waals surface area contributed by atoms with E-state index in [1.807, 2.05) is 38.0 Å². The lowest BCUT2D eigenvalue weighted by molar-refractivity contribution is -0.121. The molecule has 418 valence electrons. The van der Waals surface area contributed by atoms with Crippen LogP contribution >= 0.6 is 0 Å². The van der Waals surface area contributed by atoms with Gasteiger partial charge in [0.25, 0.3) is 35.4 Å². The van der Waals surface area contributed by atoms with Gasteiger partial charge >= 0.3 is 0 Å². The summed E-state index contributed by atoms with van der Waals surface area (Å²) in [6.07, 6.45) is 15.5. The van der Waals surface area contributed by atoms with Crippen LogP contribution in [0.4, 0.5) is 22.7 Å². The zero-order chi connectivity index (χ0) is 56.5. The van der Waals surface area contributed by atoms with Crippen molar-refractivity contribution >= 4 is 70.0 Å². The Morgan fingerprint density at radius 3 is 1.14 bits per heavy atom. The lowest BCUT2D eigenvalue weighted by Crippen LogP contribution is -2.32. The third-order valence-electron chi connectivity index (χ3n) is 12.3. The molecule has 0 aromatic carbocycles. The average Bonchev–Trinajstić information content (AvgIpc) is 4.28. The second-order valence-electron chi connectivity index (χ2n) is 19.3. The molecule has 0 bridgehead atoms. The predicted molar refractivity (Wildman–Crippen MR) is 293 cm³/mol. The highest BCUT2D eigenvalue weighted by Gasteiger charge is 2.22. The maximum atomic E-state index is 14.1. The maximum absolute atomic E-state index is 14.1. The number of unbranched alkanes of at least 4 members (excludes halogenated alkanes) is 1. The SMILES string of the molecule is CN(C)CCCNC(=O)CCNC(=O)c1cc(NC(=O)c2cc(NC(=O)c3nccn3C)cn2CCCCn2cc(NC(=O)c3nccn3C)cc2C(=O)Nc2cc(C(=O)NCCC(=O)NCCCN(C)C)n(C)c2)cn1C. The number of nitrogens with zero attached hydrogens (tertiary/aromatic N) is 10. The second kappa shape index (κ2) is 27.8. The fourth-order valence-corrected chi connectivity index (χ4v) is 8.31. The highest BCUT2D eigenvalue weighted by molar-refractivity contribution is 6.08. The van der Waals surface area contributed by atoms with Gasteiger partial charge in [0.15, 0.2) is 11.6 Å². The number of anilines is 4. The molecule has 0 unspecified atom stereocenters. The third-order valence-corrected chi connectivity index (χ3v) is 12.3. The van der Waals surface area contributed by atoms with E-state index < -0.39 is 35.4 Å². The van der Waals surface area contributed by atoms with E-state index in [0.29, 0.717) is 48.7 Å². The van der Waals surface area contributed by atoms with Crippen molar-refractivity contribution < 1.29 is 38.4 Å². The van der Waals surface area contributed by atoms with Gasteiger partial charge in [-0.15, -0.1) is 0 Å². The summed E-state index contributed by atoms with van der Waals surface area (Å²) in [5.74, 6) is -2.92. The summed E-state index contributed by atoms with van der Waals surface area (Å²) in [6, 6.07) is 6.13. The molecule has 0 fully saturated rings. The minimum absolute atomic E-state index is 0.104.